The molecule has 0 amide bonds. The summed E-state index contributed by atoms with van der Waals surface area (Å²) in [5.74, 6) is -12.6. The van der Waals surface area contributed by atoms with Gasteiger partial charge in [-0.15, -0.1) is 0 Å². The molecule has 2 aliphatic heterocycles. The summed E-state index contributed by atoms with van der Waals surface area (Å²) in [5.41, 5.74) is 2.82. The average molecular weight is 1820 g/mol. The number of ether oxygens (including phenoxy) is 6. The number of H-pyrrole nitrogens is 1. The lowest BCUT2D eigenvalue weighted by Gasteiger charge is -2.60. The third-order valence-corrected chi connectivity index (χ3v) is 31.7. The number of hydrogen-bond donors (Lipinski definition) is 0. The van der Waals surface area contributed by atoms with Crippen LogP contribution in [-0.4, -0.2) is 102 Å². The van der Waals surface area contributed by atoms with Crippen LogP contribution in [0.25, 0.3) is 0 Å². The van der Waals surface area contributed by atoms with Crippen molar-refractivity contribution in [2.24, 2.45) is 94.7 Å². The van der Waals surface area contributed by atoms with Crippen molar-refractivity contribution >= 4 is 85.9 Å². The molecule has 14 nitrogen and oxygen atoms in total. The van der Waals surface area contributed by atoms with Crippen molar-refractivity contribution in [2.75, 3.05) is 23.9 Å². The van der Waals surface area contributed by atoms with Gasteiger partial charge in [-0.25, -0.2) is 14.6 Å². The van der Waals surface area contributed by atoms with E-state index in [-0.39, 0.29) is 58.0 Å². The Kier molecular flexibility index (Phi) is 28.4. The molecule has 12 bridgehead atoms. The molecule has 14 aliphatic rings. The highest BCUT2D eigenvalue weighted by Crippen LogP contribution is 2.66. The standard InChI is InChI=1S/2C24H30F2O6.2C19H17S.C7H10N2.CH3I.CH4.BrH/c2*1-3-24(12-5-10-4-11(7-12)8-13(24)6-10)32-21(28)17-15-9-14-16(17)20(27)30-18(14)19(15)31-22(29)23(2,25)26;2*1-16-12-14-19(15-13-16)20(17-8-4-2-5-9-17)18-10-6-3-7-11-18;1-9(2)7-3-5-8-6-4-7;1-2;;/h2*10-19H,3-9H2,1-2H3;2*2-15H,1H3;3-6H,1-2H3;1H3;1H4;1H/q;;2*+1;;;;. The molecule has 2 saturated heterocycles. The molecule has 12 unspecified atom stereocenters. The van der Waals surface area contributed by atoms with Gasteiger partial charge in [-0.2, -0.15) is 17.6 Å². The maximum Gasteiger partial charge on any atom is 0.377 e. The summed E-state index contributed by atoms with van der Waals surface area (Å²) in [7, 11) is 4.00. The van der Waals surface area contributed by atoms with Crippen molar-refractivity contribution in [3.63, 3.8) is 0 Å². The minimum Gasteiger partial charge on any atom is -1.00 e. The molecule has 3 heterocycles. The number of carbonyl (C=O) groups excluding carboxylic acids is 6. The second-order valence-corrected chi connectivity index (χ2v) is 38.3. The molecule has 6 aromatic carbocycles. The number of aromatic amines is 1. The van der Waals surface area contributed by atoms with E-state index in [1.54, 1.807) is 0 Å². The predicted molar refractivity (Wildman–Crippen MR) is 447 cm³/mol. The topological polar surface area (TPSA) is 175 Å². The smallest absolute Gasteiger partial charge is 0.377 e. The predicted octanol–water partition coefficient (Wildman–Crippen LogP) is 16.5. The van der Waals surface area contributed by atoms with Crippen molar-refractivity contribution in [3.05, 3.63) is 206 Å². The molecule has 1 N–H and O–H groups in total. The van der Waals surface area contributed by atoms with Crippen molar-refractivity contribution in [1.29, 1.82) is 0 Å². The lowest BCUT2D eigenvalue weighted by atomic mass is 9.49. The monoisotopic (exact) mass is 1820 g/mol. The number of rotatable bonds is 17. The number of benzene rings is 6. The van der Waals surface area contributed by atoms with Gasteiger partial charge in [-0.1, -0.05) is 152 Å². The van der Waals surface area contributed by atoms with Crippen LogP contribution in [0, 0.1) is 109 Å². The van der Waals surface area contributed by atoms with Crippen LogP contribution in [0.1, 0.15) is 136 Å². The van der Waals surface area contributed by atoms with Crippen molar-refractivity contribution in [3.8, 4) is 0 Å². The van der Waals surface area contributed by atoms with Crippen LogP contribution in [0.3, 0.4) is 0 Å². The molecule has 22 heteroatoms. The fraction of sp³-hybridized carbons (Fsp3) is 0.505. The first-order valence-corrected chi connectivity index (χ1v) is 45.7. The largest absolute Gasteiger partial charge is 1.00 e. The number of nitrogens with zero attached hydrogens (tertiary/aromatic N) is 1. The van der Waals surface area contributed by atoms with E-state index < -0.39 is 119 Å². The molecule has 14 fully saturated rings. The van der Waals surface area contributed by atoms with Gasteiger partial charge in [0.1, 0.15) is 35.6 Å². The zero-order chi connectivity index (χ0) is 81.4. The third-order valence-electron chi connectivity index (χ3n) is 27.2. The fourth-order valence-corrected chi connectivity index (χ4v) is 26.7. The number of nitrogens with one attached hydrogen (secondary N) is 1. The Morgan fingerprint density at radius 3 is 0.991 bits per heavy atom. The molecule has 117 heavy (non-hydrogen) atoms. The van der Waals surface area contributed by atoms with Crippen molar-refractivity contribution in [1.82, 2.24) is 0 Å². The van der Waals surface area contributed by atoms with Gasteiger partial charge < -0.3 is 50.3 Å². The Morgan fingerprint density at radius 2 is 0.735 bits per heavy atom. The van der Waals surface area contributed by atoms with E-state index in [0.29, 0.717) is 50.4 Å². The molecule has 12 saturated carbocycles. The van der Waals surface area contributed by atoms with E-state index in [4.69, 9.17) is 28.4 Å². The van der Waals surface area contributed by atoms with E-state index in [0.717, 1.165) is 87.9 Å². The molecule has 7 aromatic rings. The molecule has 0 spiro atoms. The number of esters is 6. The summed E-state index contributed by atoms with van der Waals surface area (Å²) in [5, 5.41) is 0. The van der Waals surface area contributed by atoms with Gasteiger partial charge in [0.2, 0.25) is 0 Å². The number of carbonyl (C=O) groups is 6. The minimum absolute atomic E-state index is 0. The summed E-state index contributed by atoms with van der Waals surface area (Å²) in [4.78, 5) is 91.4. The second-order valence-electron chi connectivity index (χ2n) is 34.3. The van der Waals surface area contributed by atoms with Crippen LogP contribution in [-0.2, 0) is 79.0 Å². The highest BCUT2D eigenvalue weighted by atomic mass is 127. The van der Waals surface area contributed by atoms with Crippen LogP contribution in [0.15, 0.2) is 224 Å². The summed E-state index contributed by atoms with van der Waals surface area (Å²) < 4.78 is 87.8. The van der Waals surface area contributed by atoms with E-state index in [1.165, 1.54) is 59.0 Å². The summed E-state index contributed by atoms with van der Waals surface area (Å²) in [6.07, 6.45) is 14.0. The normalized spacial score (nSPS) is 31.7. The number of fused-ring (bicyclic) bond motifs is 2. The van der Waals surface area contributed by atoms with Gasteiger partial charge in [0.25, 0.3) is 0 Å². The summed E-state index contributed by atoms with van der Waals surface area (Å²) in [6.45, 7) is 9.37. The minimum atomic E-state index is -3.65. The fourth-order valence-electron chi connectivity index (χ4n) is 22.6. The first-order chi connectivity index (χ1) is 55.2. The van der Waals surface area contributed by atoms with Crippen LogP contribution < -0.4 is 26.9 Å². The van der Waals surface area contributed by atoms with E-state index in [9.17, 15) is 46.3 Å². The lowest BCUT2D eigenvalue weighted by molar-refractivity contribution is -0.377. The molecule has 626 valence electrons. The molecule has 12 atom stereocenters. The lowest BCUT2D eigenvalue weighted by Crippen LogP contribution is -3.00. The summed E-state index contributed by atoms with van der Waals surface area (Å²) in [6, 6.07) is 64.8. The Labute approximate surface area is 717 Å². The number of hydrogen-bond acceptors (Lipinski definition) is 13. The molecule has 12 aliphatic carbocycles. The van der Waals surface area contributed by atoms with Gasteiger partial charge in [0, 0.05) is 69.4 Å². The highest BCUT2D eigenvalue weighted by Gasteiger charge is 2.73. The highest BCUT2D eigenvalue weighted by molar-refractivity contribution is 14.1. The zero-order valence-corrected chi connectivity index (χ0v) is 72.7. The number of pyridine rings is 1. The second kappa shape index (κ2) is 37.4. The maximum absolute atomic E-state index is 13.6. The summed E-state index contributed by atoms with van der Waals surface area (Å²) >= 11 is 2.15. The molecule has 1 aromatic heterocycles. The van der Waals surface area contributed by atoms with Crippen LogP contribution in [0.2, 0.25) is 0 Å². The van der Waals surface area contributed by atoms with E-state index in [2.05, 4.69) is 230 Å². The first kappa shape index (κ1) is 89.0. The Balaban J connectivity index is 0.000000139. The van der Waals surface area contributed by atoms with Crippen LogP contribution in [0.5, 0.6) is 0 Å². The number of aryl methyl sites for hydroxylation is 2. The van der Waals surface area contributed by atoms with Gasteiger partial charge >= 0.3 is 47.7 Å². The average Bonchev–Trinajstić information content (AvgIpc) is 1.60. The number of alkyl halides is 5. The SMILES string of the molecule is C.CCC1(OC(=O)C2C3CC4C(OC(=O)C42)C3OC(=O)C(C)(F)F)C2CC3CC(C2)CC1C3.CCC1(OC(=O)C2C3CC4C(OC(=O)C42)C3OC(=O)C(C)(F)F)C2CC3CC(C2)CC1C3.CI.CN(C)c1cc[nH+]cc1.Cc1ccc([S+](c2ccccc2)c2ccccc2)cc1.Cc1ccc([S+](c2ccccc2)c2ccccc2)cc1.[Br-]. The van der Waals surface area contributed by atoms with Gasteiger partial charge in [-0.05, 0) is 229 Å². The van der Waals surface area contributed by atoms with Crippen molar-refractivity contribution < 1.29 is 96.7 Å². The molecular weight excluding hydrogens is 1710 g/mol. The Morgan fingerprint density at radius 1 is 0.453 bits per heavy atom. The van der Waals surface area contributed by atoms with Crippen LogP contribution in [0.4, 0.5) is 23.2 Å². The third kappa shape index (κ3) is 18.2. The zero-order valence-electron chi connectivity index (χ0n) is 67.4. The van der Waals surface area contributed by atoms with Gasteiger partial charge in [0.05, 0.1) is 45.5 Å². The molecule has 0 radical (unpaired) electrons. The Bertz CT molecular complexity index is 4130. The first-order valence-electron chi connectivity index (χ1n) is 41.1. The molecular formula is C95H112BrF4IN2O12S2+2. The van der Waals surface area contributed by atoms with Crippen molar-refractivity contribution in [2.45, 2.75) is 216 Å². The quantitative estimate of drug-likeness (QED) is 0.0210. The Hall–Kier alpha value is -7.28. The number of anilines is 1. The number of halogens is 6. The number of aromatic nitrogens is 1. The maximum atomic E-state index is 13.6. The van der Waals surface area contributed by atoms with E-state index >= 15 is 0 Å². The van der Waals surface area contributed by atoms with E-state index in [1.807, 2.05) is 43.6 Å². The van der Waals surface area contributed by atoms with Crippen LogP contribution >= 0.6 is 22.6 Å². The van der Waals surface area contributed by atoms with Gasteiger partial charge in [0.15, 0.2) is 41.8 Å². The molecule has 21 rings (SSSR count). The van der Waals surface area contributed by atoms with Gasteiger partial charge in [-0.3, -0.25) is 19.2 Å².